The van der Waals surface area contributed by atoms with Crippen LogP contribution in [0.15, 0.2) is 85.1 Å². The van der Waals surface area contributed by atoms with Gasteiger partial charge in [0.05, 0.1) is 33.8 Å². The van der Waals surface area contributed by atoms with Gasteiger partial charge in [-0.1, -0.05) is 286 Å². The number of nitrogens with one attached hydrogen (secondary N) is 1. The maximum absolute atomic E-state index is 13.6. The number of phosphoric acid groups is 1. The summed E-state index contributed by atoms with van der Waals surface area (Å²) in [4.78, 5) is 40.2. The van der Waals surface area contributed by atoms with E-state index in [4.69, 9.17) is 13.8 Å². The van der Waals surface area contributed by atoms with E-state index < -0.39 is 26.6 Å². The molecule has 0 radical (unpaired) electrons. The van der Waals surface area contributed by atoms with Crippen molar-refractivity contribution in [3.8, 4) is 0 Å². The lowest BCUT2D eigenvalue weighted by Gasteiger charge is -2.30. The molecule has 83 heavy (non-hydrogen) atoms. The van der Waals surface area contributed by atoms with Crippen molar-refractivity contribution in [2.24, 2.45) is 0 Å². The lowest BCUT2D eigenvalue weighted by molar-refractivity contribution is -0.870. The van der Waals surface area contributed by atoms with E-state index in [1.165, 1.54) is 173 Å². The zero-order valence-corrected chi connectivity index (χ0v) is 56.0. The number of hydrogen-bond donors (Lipinski definition) is 1. The molecule has 0 aromatic heterocycles. The molecular weight excluding hydrogens is 1050 g/mol. The van der Waals surface area contributed by atoms with Crippen molar-refractivity contribution in [1.29, 1.82) is 0 Å². The van der Waals surface area contributed by atoms with Crippen molar-refractivity contribution >= 4 is 19.7 Å². The second kappa shape index (κ2) is 62.2. The van der Waals surface area contributed by atoms with E-state index in [9.17, 15) is 19.0 Å². The highest BCUT2D eigenvalue weighted by molar-refractivity contribution is 7.45. The SMILES string of the molecule is CC/C=C\C/C=C\C/C=C\C/C=C\C/C=C\CCCCCCCC(=O)NC(COP(=O)([O-])OCC[N+](C)(C)C)C(/C=C/CCCCCCCCCCCCC)OC(=O)CCCCCCCCCCCCCCC/C=C/CCCCCCCC. The van der Waals surface area contributed by atoms with E-state index in [-0.39, 0.29) is 24.9 Å². The minimum Gasteiger partial charge on any atom is -0.756 e. The highest BCUT2D eigenvalue weighted by atomic mass is 31.2. The van der Waals surface area contributed by atoms with Crippen LogP contribution in [0, 0.1) is 0 Å². The van der Waals surface area contributed by atoms with Crippen LogP contribution in [0.1, 0.15) is 316 Å². The molecule has 9 nitrogen and oxygen atoms in total. The normalized spacial score (nSPS) is 14.1. The summed E-state index contributed by atoms with van der Waals surface area (Å²) in [6, 6.07) is -0.903. The molecule has 0 aliphatic rings. The number of ether oxygens (including phenoxy) is 1. The summed E-state index contributed by atoms with van der Waals surface area (Å²) in [7, 11) is 1.17. The Morgan fingerprint density at radius 1 is 0.434 bits per heavy atom. The van der Waals surface area contributed by atoms with Gasteiger partial charge < -0.3 is 28.5 Å². The van der Waals surface area contributed by atoms with Gasteiger partial charge >= 0.3 is 5.97 Å². The Balaban J connectivity index is 5.17. The maximum atomic E-state index is 13.6. The van der Waals surface area contributed by atoms with Crippen molar-refractivity contribution in [3.05, 3.63) is 85.1 Å². The van der Waals surface area contributed by atoms with Gasteiger partial charge in [-0.15, -0.1) is 0 Å². The van der Waals surface area contributed by atoms with E-state index in [1.54, 1.807) is 0 Å². The first-order chi connectivity index (χ1) is 40.4. The quantitative estimate of drug-likeness (QED) is 0.0212. The molecule has 482 valence electrons. The summed E-state index contributed by atoms with van der Waals surface area (Å²) in [5, 5.41) is 3.03. The Labute approximate surface area is 514 Å². The van der Waals surface area contributed by atoms with Crippen LogP contribution >= 0.6 is 7.82 Å². The summed E-state index contributed by atoms with van der Waals surface area (Å²) in [5.74, 6) is -0.556. The smallest absolute Gasteiger partial charge is 0.306 e. The molecule has 0 aliphatic carbocycles. The number of carbonyl (C=O) groups is 2. The third-order valence-corrected chi connectivity index (χ3v) is 16.3. The molecule has 0 bridgehead atoms. The van der Waals surface area contributed by atoms with Crippen molar-refractivity contribution in [2.75, 3.05) is 40.9 Å². The van der Waals surface area contributed by atoms with Gasteiger partial charge in [-0.2, -0.15) is 0 Å². The number of likely N-dealkylation sites (N-methyl/N-ethyl adjacent to an activating group) is 1. The number of allylic oxidation sites excluding steroid dienone is 13. The van der Waals surface area contributed by atoms with Gasteiger partial charge in [-0.05, 0) is 102 Å². The molecule has 3 atom stereocenters. The highest BCUT2D eigenvalue weighted by Gasteiger charge is 2.27. The maximum Gasteiger partial charge on any atom is 0.306 e. The molecule has 3 unspecified atom stereocenters. The molecule has 0 fully saturated rings. The Kier molecular flexibility index (Phi) is 60.1. The standard InChI is InChI=1S/C73H133N2O7P/c1-7-10-13-16-19-22-25-28-30-32-34-36-37-39-41-43-45-48-51-54-57-60-63-66-73(77)82-71(64-61-58-55-52-49-46-27-24-21-18-15-12-9-3)70(69-81-83(78,79)80-68-67-75(4,5)6)74-72(76)65-62-59-56-53-50-47-44-42-40-38-35-33-31-29-26-23-20-17-14-11-8-2/h11,14,20,23,28-31,35,38,42,44,61,64,70-71H,7-10,12-13,15-19,21-22,24-27,32-34,36-37,39-41,43,45-60,62-63,65-69H2,1-6H3,(H-,74,76,78,79)/b14-11-,23-20-,30-28+,31-29-,38-35-,44-42-,64-61+. The van der Waals surface area contributed by atoms with E-state index in [1.807, 2.05) is 33.3 Å². The minimum absolute atomic E-state index is 0.0289. The number of esters is 1. The van der Waals surface area contributed by atoms with Crippen LogP contribution in [0.2, 0.25) is 0 Å². The van der Waals surface area contributed by atoms with Crippen molar-refractivity contribution < 1.29 is 37.3 Å². The first-order valence-electron chi connectivity index (χ1n) is 34.9. The molecule has 0 rings (SSSR count). The summed E-state index contributed by atoms with van der Waals surface area (Å²) >= 11 is 0. The average molecular weight is 1180 g/mol. The van der Waals surface area contributed by atoms with Crippen LogP contribution in [-0.2, 0) is 27.9 Å². The van der Waals surface area contributed by atoms with E-state index in [0.29, 0.717) is 23.9 Å². The largest absolute Gasteiger partial charge is 0.756 e. The van der Waals surface area contributed by atoms with Crippen LogP contribution in [0.4, 0.5) is 0 Å². The number of unbranched alkanes of at least 4 members (excludes halogenated alkanes) is 35. The van der Waals surface area contributed by atoms with Gasteiger partial charge in [-0.25, -0.2) is 0 Å². The Morgan fingerprint density at radius 3 is 1.17 bits per heavy atom. The van der Waals surface area contributed by atoms with Crippen molar-refractivity contribution in [1.82, 2.24) is 5.32 Å². The van der Waals surface area contributed by atoms with Crippen molar-refractivity contribution in [3.63, 3.8) is 0 Å². The topological polar surface area (TPSA) is 114 Å². The minimum atomic E-state index is -4.71. The number of nitrogens with zero attached hydrogens (tertiary/aromatic N) is 1. The van der Waals surface area contributed by atoms with E-state index in [0.717, 1.165) is 103 Å². The monoisotopic (exact) mass is 1180 g/mol. The summed E-state index contributed by atoms with van der Waals surface area (Å²) < 4.78 is 30.4. The van der Waals surface area contributed by atoms with Crippen LogP contribution < -0.4 is 10.2 Å². The summed E-state index contributed by atoms with van der Waals surface area (Å²) in [6.45, 7) is 6.74. The van der Waals surface area contributed by atoms with Gasteiger partial charge in [0, 0.05) is 12.8 Å². The van der Waals surface area contributed by atoms with Crippen molar-refractivity contribution in [2.45, 2.75) is 328 Å². The molecule has 0 heterocycles. The Hall–Kier alpha value is -2.81. The number of quaternary nitrogens is 1. The summed E-state index contributed by atoms with van der Waals surface area (Å²) in [5.41, 5.74) is 0. The van der Waals surface area contributed by atoms with E-state index >= 15 is 0 Å². The first-order valence-corrected chi connectivity index (χ1v) is 36.4. The fourth-order valence-electron chi connectivity index (χ4n) is 9.96. The fourth-order valence-corrected chi connectivity index (χ4v) is 10.7. The molecule has 0 saturated heterocycles. The second-order valence-corrected chi connectivity index (χ2v) is 26.1. The van der Waals surface area contributed by atoms with Crippen LogP contribution in [0.3, 0.4) is 0 Å². The number of amides is 1. The number of phosphoric ester groups is 1. The Bertz CT molecular complexity index is 1700. The average Bonchev–Trinajstić information content (AvgIpc) is 3.46. The van der Waals surface area contributed by atoms with Crippen LogP contribution in [0.25, 0.3) is 0 Å². The van der Waals surface area contributed by atoms with Gasteiger partial charge in [0.25, 0.3) is 7.82 Å². The zero-order valence-electron chi connectivity index (χ0n) is 55.1. The molecule has 0 aromatic carbocycles. The van der Waals surface area contributed by atoms with Gasteiger partial charge in [0.15, 0.2) is 0 Å². The van der Waals surface area contributed by atoms with Crippen LogP contribution in [0.5, 0.6) is 0 Å². The van der Waals surface area contributed by atoms with E-state index in [2.05, 4.69) is 99.0 Å². The fraction of sp³-hybridized carbons (Fsp3) is 0.781. The van der Waals surface area contributed by atoms with Gasteiger partial charge in [0.1, 0.15) is 19.3 Å². The van der Waals surface area contributed by atoms with Gasteiger partial charge in [-0.3, -0.25) is 14.2 Å². The third kappa shape index (κ3) is 63.5. The number of carbonyl (C=O) groups excluding carboxylic acids is 2. The highest BCUT2D eigenvalue weighted by Crippen LogP contribution is 2.38. The molecule has 1 amide bonds. The molecule has 0 spiro atoms. The predicted octanol–water partition coefficient (Wildman–Crippen LogP) is 21.5. The lowest BCUT2D eigenvalue weighted by Crippen LogP contribution is -2.47. The first kappa shape index (κ1) is 80.2. The second-order valence-electron chi connectivity index (χ2n) is 24.6. The number of hydrogen-bond acceptors (Lipinski definition) is 7. The number of rotatable bonds is 63. The van der Waals surface area contributed by atoms with Crippen LogP contribution in [-0.4, -0.2) is 69.4 Å². The zero-order chi connectivity index (χ0) is 60.7. The predicted molar refractivity (Wildman–Crippen MR) is 358 cm³/mol. The Morgan fingerprint density at radius 2 is 0.771 bits per heavy atom. The van der Waals surface area contributed by atoms with Gasteiger partial charge in [0.2, 0.25) is 5.91 Å². The molecule has 0 aromatic rings. The summed E-state index contributed by atoms with van der Waals surface area (Å²) in [6.07, 6.45) is 82.7. The molecule has 10 heteroatoms. The molecule has 0 aliphatic heterocycles. The molecular formula is C73H133N2O7P. The third-order valence-electron chi connectivity index (χ3n) is 15.3. The molecule has 1 N–H and O–H groups in total. The lowest BCUT2D eigenvalue weighted by atomic mass is 10.0. The molecule has 0 saturated carbocycles.